The van der Waals surface area contributed by atoms with E-state index in [1.54, 1.807) is 12.3 Å². The number of anilines is 1. The summed E-state index contributed by atoms with van der Waals surface area (Å²) >= 11 is 0. The molecule has 1 amide bonds. The van der Waals surface area contributed by atoms with Crippen molar-refractivity contribution in [3.8, 4) is 22.6 Å². The number of nitrogens with zero attached hydrogens (tertiary/aromatic N) is 6. The Morgan fingerprint density at radius 2 is 1.88 bits per heavy atom. The van der Waals surface area contributed by atoms with Gasteiger partial charge in [-0.25, -0.2) is 4.98 Å². The second-order valence-electron chi connectivity index (χ2n) is 9.42. The molecule has 0 atom stereocenters. The summed E-state index contributed by atoms with van der Waals surface area (Å²) in [5.74, 6) is -0.329. The summed E-state index contributed by atoms with van der Waals surface area (Å²) in [5.41, 5.74) is 3.81. The van der Waals surface area contributed by atoms with Crippen molar-refractivity contribution in [2.45, 2.75) is 19.5 Å². The maximum absolute atomic E-state index is 13.4. The zero-order valence-corrected chi connectivity index (χ0v) is 22.5. The smallest absolute Gasteiger partial charge is 0.453 e. The van der Waals surface area contributed by atoms with Crippen molar-refractivity contribution in [3.05, 3.63) is 77.2 Å². The molecule has 0 spiro atoms. The van der Waals surface area contributed by atoms with Crippen LogP contribution in [0.5, 0.6) is 5.75 Å². The Labute approximate surface area is 234 Å². The summed E-state index contributed by atoms with van der Waals surface area (Å²) in [7, 11) is 1.46. The van der Waals surface area contributed by atoms with E-state index < -0.39 is 12.0 Å². The predicted octanol–water partition coefficient (Wildman–Crippen LogP) is 3.87. The van der Waals surface area contributed by atoms with Crippen LogP contribution in [0.4, 0.5) is 19.0 Å². The van der Waals surface area contributed by atoms with E-state index in [9.17, 15) is 18.0 Å². The average Bonchev–Trinajstić information content (AvgIpc) is 3.49. The molecule has 13 heteroatoms. The average molecular weight is 568 g/mol. The summed E-state index contributed by atoms with van der Waals surface area (Å²) in [4.78, 5) is 20.1. The van der Waals surface area contributed by atoms with Crippen molar-refractivity contribution >= 4 is 11.7 Å². The van der Waals surface area contributed by atoms with Crippen LogP contribution in [0, 0.1) is 6.92 Å². The van der Waals surface area contributed by atoms with E-state index in [2.05, 4.69) is 30.7 Å². The Bertz CT molecular complexity index is 1530. The number of tetrazole rings is 1. The normalized spacial score (nSPS) is 13.7. The lowest BCUT2D eigenvalue weighted by Gasteiger charge is -2.28. The molecule has 1 saturated heterocycles. The van der Waals surface area contributed by atoms with Crippen LogP contribution >= 0.6 is 0 Å². The van der Waals surface area contributed by atoms with Crippen molar-refractivity contribution < 1.29 is 27.4 Å². The minimum absolute atomic E-state index is 0.120. The summed E-state index contributed by atoms with van der Waals surface area (Å²) < 4.78 is 51.5. The van der Waals surface area contributed by atoms with Gasteiger partial charge in [-0.15, -0.1) is 5.10 Å². The molecule has 0 unspecified atom stereocenters. The molecule has 1 aliphatic rings. The highest BCUT2D eigenvalue weighted by Crippen LogP contribution is 2.31. The van der Waals surface area contributed by atoms with Crippen LogP contribution in [-0.4, -0.2) is 71.1 Å². The largest absolute Gasteiger partial charge is 0.496 e. The number of carbonyl (C=O) groups is 1. The highest BCUT2D eigenvalue weighted by atomic mass is 19.4. The SMILES string of the molecule is COc1ccc(-n2nnnc2C(F)(F)F)cc1CCNC(=O)c1cnc(N2CCOCC2)cc1-c1ccccc1C. The monoisotopic (exact) mass is 567 g/mol. The molecule has 41 heavy (non-hydrogen) atoms. The number of benzene rings is 2. The number of pyridine rings is 1. The van der Waals surface area contributed by atoms with Crippen LogP contribution in [0.2, 0.25) is 0 Å². The zero-order chi connectivity index (χ0) is 29.0. The van der Waals surface area contributed by atoms with Gasteiger partial charge in [0, 0.05) is 25.8 Å². The molecular formula is C28H28F3N7O3. The number of ether oxygens (including phenoxy) is 2. The summed E-state index contributed by atoms with van der Waals surface area (Å²) in [6.07, 6.45) is -2.86. The number of hydrogen-bond acceptors (Lipinski definition) is 8. The van der Waals surface area contributed by atoms with Crippen LogP contribution in [0.3, 0.4) is 0 Å². The van der Waals surface area contributed by atoms with E-state index in [-0.39, 0.29) is 24.6 Å². The number of methoxy groups -OCH3 is 1. The number of rotatable bonds is 8. The standard InChI is InChI=1S/C28H28F3N7O3/c1-18-5-3-4-6-21(18)22-16-25(37-11-13-41-14-12-37)33-17-23(22)26(39)32-10-9-19-15-20(7-8-24(19)40-2)38-27(28(29,30)31)34-35-36-38/h3-8,15-17H,9-14H2,1-2H3,(H,32,39). The number of aryl methyl sites for hydroxylation is 1. The number of alkyl halides is 3. The number of nitrogens with one attached hydrogen (secondary N) is 1. The number of hydrogen-bond donors (Lipinski definition) is 1. The van der Waals surface area contributed by atoms with Crippen molar-refractivity contribution in [1.29, 1.82) is 0 Å². The van der Waals surface area contributed by atoms with Crippen molar-refractivity contribution in [2.75, 3.05) is 44.9 Å². The number of amides is 1. The van der Waals surface area contributed by atoms with Crippen molar-refractivity contribution in [3.63, 3.8) is 0 Å². The molecule has 214 valence electrons. The molecule has 5 rings (SSSR count). The molecule has 2 aromatic carbocycles. The molecular weight excluding hydrogens is 539 g/mol. The van der Waals surface area contributed by atoms with Crippen LogP contribution in [-0.2, 0) is 17.3 Å². The number of aromatic nitrogens is 5. The number of carbonyl (C=O) groups excluding carboxylic acids is 1. The molecule has 1 fully saturated rings. The van der Waals surface area contributed by atoms with E-state index >= 15 is 0 Å². The third-order valence-corrected chi connectivity index (χ3v) is 6.82. The van der Waals surface area contributed by atoms with Crippen LogP contribution in [0.25, 0.3) is 16.8 Å². The van der Waals surface area contributed by atoms with Crippen LogP contribution in [0.15, 0.2) is 54.7 Å². The maximum atomic E-state index is 13.4. The first kappa shape index (κ1) is 28.0. The topological polar surface area (TPSA) is 107 Å². The van der Waals surface area contributed by atoms with Gasteiger partial charge in [0.15, 0.2) is 0 Å². The molecule has 2 aromatic heterocycles. The predicted molar refractivity (Wildman–Crippen MR) is 144 cm³/mol. The molecule has 10 nitrogen and oxygen atoms in total. The van der Waals surface area contributed by atoms with Gasteiger partial charge in [-0.2, -0.15) is 17.9 Å². The van der Waals surface area contributed by atoms with Gasteiger partial charge in [-0.3, -0.25) is 4.79 Å². The van der Waals surface area contributed by atoms with Gasteiger partial charge in [0.25, 0.3) is 11.7 Å². The Morgan fingerprint density at radius 1 is 1.10 bits per heavy atom. The fourth-order valence-corrected chi connectivity index (χ4v) is 4.72. The Kier molecular flexibility index (Phi) is 8.15. The fraction of sp³-hybridized carbons (Fsp3) is 0.321. The van der Waals surface area contributed by atoms with Gasteiger partial charge in [-0.1, -0.05) is 24.3 Å². The van der Waals surface area contributed by atoms with Gasteiger partial charge in [0.05, 0.1) is 31.6 Å². The lowest BCUT2D eigenvalue weighted by molar-refractivity contribution is -0.146. The maximum Gasteiger partial charge on any atom is 0.453 e. The summed E-state index contributed by atoms with van der Waals surface area (Å²) in [6.45, 7) is 4.82. The third kappa shape index (κ3) is 6.14. The number of halogens is 3. The fourth-order valence-electron chi connectivity index (χ4n) is 4.72. The highest BCUT2D eigenvalue weighted by Gasteiger charge is 2.38. The van der Waals surface area contributed by atoms with Crippen LogP contribution < -0.4 is 15.0 Å². The van der Waals surface area contributed by atoms with Gasteiger partial charge >= 0.3 is 6.18 Å². The van der Waals surface area contributed by atoms with Crippen LogP contribution in [0.1, 0.15) is 27.3 Å². The number of morpholine rings is 1. The first-order valence-electron chi connectivity index (χ1n) is 13.0. The van der Waals surface area contributed by atoms with E-state index in [0.29, 0.717) is 47.9 Å². The van der Waals surface area contributed by atoms with Gasteiger partial charge in [-0.05, 0) is 70.3 Å². The Hall–Kier alpha value is -4.52. The second kappa shape index (κ2) is 11.9. The first-order chi connectivity index (χ1) is 19.8. The Balaban J connectivity index is 1.37. The van der Waals surface area contributed by atoms with E-state index in [1.165, 1.54) is 19.2 Å². The van der Waals surface area contributed by atoms with Gasteiger partial charge < -0.3 is 19.7 Å². The molecule has 4 aromatic rings. The summed E-state index contributed by atoms with van der Waals surface area (Å²) in [6, 6.07) is 14.2. The van der Waals surface area contributed by atoms with Crippen molar-refractivity contribution in [1.82, 2.24) is 30.5 Å². The third-order valence-electron chi connectivity index (χ3n) is 6.82. The molecule has 1 N–H and O–H groups in total. The molecule has 1 aliphatic heterocycles. The van der Waals surface area contributed by atoms with Gasteiger partial charge in [0.1, 0.15) is 11.6 Å². The summed E-state index contributed by atoms with van der Waals surface area (Å²) in [5, 5.41) is 12.7. The molecule has 0 radical (unpaired) electrons. The molecule has 0 bridgehead atoms. The zero-order valence-electron chi connectivity index (χ0n) is 22.5. The molecule has 0 aliphatic carbocycles. The highest BCUT2D eigenvalue weighted by molar-refractivity contribution is 6.01. The minimum atomic E-state index is -4.72. The lowest BCUT2D eigenvalue weighted by Crippen LogP contribution is -2.37. The Morgan fingerprint density at radius 3 is 2.61 bits per heavy atom. The van der Waals surface area contributed by atoms with E-state index in [1.807, 2.05) is 37.3 Å². The van der Waals surface area contributed by atoms with E-state index in [4.69, 9.17) is 9.47 Å². The lowest BCUT2D eigenvalue weighted by atomic mass is 9.96. The molecule has 3 heterocycles. The van der Waals surface area contributed by atoms with Crippen molar-refractivity contribution in [2.24, 2.45) is 0 Å². The van der Waals surface area contributed by atoms with Gasteiger partial charge in [0.2, 0.25) is 0 Å². The minimum Gasteiger partial charge on any atom is -0.496 e. The second-order valence-corrected chi connectivity index (χ2v) is 9.42. The van der Waals surface area contributed by atoms with E-state index in [0.717, 1.165) is 22.5 Å². The quantitative estimate of drug-likeness (QED) is 0.342. The molecule has 0 saturated carbocycles. The first-order valence-corrected chi connectivity index (χ1v) is 13.0.